The molecule has 1 saturated carbocycles. The van der Waals surface area contributed by atoms with Crippen LogP contribution in [0.1, 0.15) is 39.2 Å². The summed E-state index contributed by atoms with van der Waals surface area (Å²) in [6, 6.07) is 0. The molecule has 0 heterocycles. The molecular weight excluding hydrogens is 107 g/mol. The molecule has 0 bridgehead atoms. The molecule has 8 heavy (non-hydrogen) atoms. The van der Waals surface area contributed by atoms with E-state index < -0.39 is 37.7 Å². The van der Waals surface area contributed by atoms with Crippen LogP contribution in [0, 0.1) is 0 Å². The molecule has 1 aliphatic carbocycles. The van der Waals surface area contributed by atoms with Crippen molar-refractivity contribution in [3.8, 4) is 0 Å². The molecule has 48 valence electrons. The molecule has 1 rings (SSSR count). The molecule has 1 fully saturated rings. The molecule has 0 spiro atoms. The fraction of sp³-hybridized carbons (Fsp3) is 1.00. The summed E-state index contributed by atoms with van der Waals surface area (Å²) < 4.78 is 85.8. The SMILES string of the molecule is [2H]C1([2H])C([2H])([2H])C([2H])([2H])C([2H])(F)C([2H])(O)C1([2H])[2H]. The lowest BCUT2D eigenvalue weighted by Gasteiger charge is -2.20. The van der Waals surface area contributed by atoms with Gasteiger partial charge < -0.3 is 5.11 Å². The lowest BCUT2D eigenvalue weighted by atomic mass is 9.96. The fourth-order valence-electron chi connectivity index (χ4n) is 0.291. The van der Waals surface area contributed by atoms with Crippen LogP contribution >= 0.6 is 0 Å². The lowest BCUT2D eigenvalue weighted by Crippen LogP contribution is -2.25. The zero-order valence-electron chi connectivity index (χ0n) is 13.8. The Kier molecular flexibility index (Phi) is 0.357. The molecule has 0 saturated heterocycles. The van der Waals surface area contributed by atoms with Crippen LogP contribution in [0.5, 0.6) is 0 Å². The van der Waals surface area contributed by atoms with E-state index in [0.29, 0.717) is 0 Å². The van der Waals surface area contributed by atoms with E-state index in [1.807, 2.05) is 0 Å². The Labute approximate surface area is 62.6 Å². The third kappa shape index (κ3) is 1.19. The zero-order valence-corrected chi connectivity index (χ0v) is 3.83. The number of hydrogen-bond donors (Lipinski definition) is 1. The highest BCUT2D eigenvalue weighted by Gasteiger charge is 2.21. The van der Waals surface area contributed by atoms with Crippen LogP contribution in [0.15, 0.2) is 0 Å². The number of rotatable bonds is 0. The Balaban J connectivity index is 3.72. The summed E-state index contributed by atoms with van der Waals surface area (Å²) in [6.45, 7) is 0. The first kappa shape index (κ1) is 1.17. The van der Waals surface area contributed by atoms with Crippen LogP contribution in [-0.4, -0.2) is 17.3 Å². The Bertz CT molecular complexity index is 258. The first-order chi connectivity index (χ1) is 7.50. The van der Waals surface area contributed by atoms with E-state index in [-0.39, 0.29) is 0 Å². The van der Waals surface area contributed by atoms with Crippen LogP contribution in [0.3, 0.4) is 0 Å². The van der Waals surface area contributed by atoms with Gasteiger partial charge in [-0.15, -0.1) is 0 Å². The standard InChI is InChI=1S/C6H11FO/c7-5-3-1-2-4-6(5)8/h5-6,8H,1-4H2/i1D2,2D2,3D2,4D2,5D,6D. The molecule has 0 aromatic heterocycles. The molecule has 2 unspecified atom stereocenters. The second kappa shape index (κ2) is 2.44. The average molecular weight is 128 g/mol. The normalized spacial score (nSPS) is 102. The maximum absolute atomic E-state index is 14.0. The molecule has 1 N–H and O–H groups in total. The van der Waals surface area contributed by atoms with Gasteiger partial charge in [-0.25, -0.2) is 4.39 Å². The van der Waals surface area contributed by atoms with Gasteiger partial charge in [-0.2, -0.15) is 0 Å². The van der Waals surface area contributed by atoms with Crippen molar-refractivity contribution in [1.82, 2.24) is 0 Å². The maximum atomic E-state index is 14.0. The van der Waals surface area contributed by atoms with Gasteiger partial charge in [0.15, 0.2) is 0 Å². The summed E-state index contributed by atoms with van der Waals surface area (Å²) in [5, 5.41) is 9.42. The van der Waals surface area contributed by atoms with E-state index in [9.17, 15) is 9.50 Å². The van der Waals surface area contributed by atoms with Crippen molar-refractivity contribution < 1.29 is 23.2 Å². The van der Waals surface area contributed by atoms with Crippen molar-refractivity contribution in [1.29, 1.82) is 0 Å². The van der Waals surface area contributed by atoms with Gasteiger partial charge in [0, 0.05) is 11.0 Å². The number of alkyl halides is 1. The topological polar surface area (TPSA) is 20.2 Å². The predicted molar refractivity (Wildman–Crippen MR) is 29.4 cm³/mol. The molecule has 1 aliphatic rings. The summed E-state index contributed by atoms with van der Waals surface area (Å²) in [7, 11) is 0. The van der Waals surface area contributed by atoms with Crippen molar-refractivity contribution in [3.63, 3.8) is 0 Å². The summed E-state index contributed by atoms with van der Waals surface area (Å²) in [4.78, 5) is 0. The Morgan fingerprint density at radius 3 is 3.00 bits per heavy atom. The van der Waals surface area contributed by atoms with E-state index in [4.69, 9.17) is 13.7 Å². The molecule has 0 aliphatic heterocycles. The average Bonchev–Trinajstić information content (AvgIpc) is 2.14. The van der Waals surface area contributed by atoms with Gasteiger partial charge in [0.05, 0.1) is 8.82 Å². The Morgan fingerprint density at radius 1 is 1.62 bits per heavy atom. The predicted octanol–water partition coefficient (Wildman–Crippen LogP) is 1.26. The number of hydrogen-bond acceptors (Lipinski definition) is 1. The van der Waals surface area contributed by atoms with E-state index in [0.717, 1.165) is 0 Å². The third-order valence-electron chi connectivity index (χ3n) is 0.624. The second-order valence-corrected chi connectivity index (χ2v) is 1.16. The molecule has 0 aromatic carbocycles. The summed E-state index contributed by atoms with van der Waals surface area (Å²) >= 11 is 0. The molecule has 2 heteroatoms. The van der Waals surface area contributed by atoms with Crippen molar-refractivity contribution in [2.45, 2.75) is 37.7 Å². The minimum atomic E-state index is -4.39. The van der Waals surface area contributed by atoms with Crippen molar-refractivity contribution in [2.75, 3.05) is 0 Å². The highest BCUT2D eigenvalue weighted by atomic mass is 19.1. The van der Waals surface area contributed by atoms with Gasteiger partial charge in [-0.05, 0) is 12.7 Å². The smallest absolute Gasteiger partial charge is 0.126 e. The van der Waals surface area contributed by atoms with Gasteiger partial charge in [-0.1, -0.05) is 12.7 Å². The maximum Gasteiger partial charge on any atom is 0.126 e. The van der Waals surface area contributed by atoms with Crippen LogP contribution in [0.25, 0.3) is 0 Å². The lowest BCUT2D eigenvalue weighted by molar-refractivity contribution is 0.0442. The highest BCUT2D eigenvalue weighted by molar-refractivity contribution is 4.72. The quantitative estimate of drug-likeness (QED) is 0.520. The molecule has 2 atom stereocenters. The number of aliphatic hydroxyl groups is 1. The molecule has 0 aromatic rings. The summed E-state index contributed by atoms with van der Waals surface area (Å²) in [5.74, 6) is 0. The van der Waals surface area contributed by atoms with Crippen LogP contribution in [0.2, 0.25) is 0 Å². The molecule has 1 nitrogen and oxygen atoms in total. The largest absolute Gasteiger partial charge is 0.390 e. The van der Waals surface area contributed by atoms with E-state index in [1.54, 1.807) is 0 Å². The minimum Gasteiger partial charge on any atom is -0.390 e. The first-order valence-corrected chi connectivity index (χ1v) is 1.91. The van der Waals surface area contributed by atoms with Crippen molar-refractivity contribution >= 4 is 0 Å². The first-order valence-electron chi connectivity index (χ1n) is 6.91. The van der Waals surface area contributed by atoms with Crippen LogP contribution in [-0.2, 0) is 0 Å². The van der Waals surface area contributed by atoms with Crippen molar-refractivity contribution in [3.05, 3.63) is 0 Å². The van der Waals surface area contributed by atoms with Gasteiger partial charge >= 0.3 is 0 Å². The van der Waals surface area contributed by atoms with Gasteiger partial charge in [0.1, 0.15) is 6.15 Å². The van der Waals surface area contributed by atoms with E-state index in [1.165, 1.54) is 0 Å². The van der Waals surface area contributed by atoms with Crippen LogP contribution in [0.4, 0.5) is 4.39 Å². The fourth-order valence-corrected chi connectivity index (χ4v) is 0.291. The molecule has 0 amide bonds. The second-order valence-electron chi connectivity index (χ2n) is 1.16. The third-order valence-corrected chi connectivity index (χ3v) is 0.624. The molecular formula is C6H11FO. The molecule has 0 radical (unpaired) electrons. The number of halogens is 1. The van der Waals surface area contributed by atoms with E-state index >= 15 is 0 Å². The highest BCUT2D eigenvalue weighted by Crippen LogP contribution is 2.20. The van der Waals surface area contributed by atoms with Crippen LogP contribution < -0.4 is 0 Å². The van der Waals surface area contributed by atoms with Gasteiger partial charge in [-0.3, -0.25) is 0 Å². The monoisotopic (exact) mass is 128 g/mol. The zero-order chi connectivity index (χ0) is 15.0. The Morgan fingerprint density at radius 2 is 2.25 bits per heavy atom. The Hall–Kier alpha value is -0.110. The minimum absolute atomic E-state index is 3.71. The van der Waals surface area contributed by atoms with Gasteiger partial charge in [0.2, 0.25) is 0 Å². The van der Waals surface area contributed by atoms with E-state index in [2.05, 4.69) is 0 Å². The summed E-state index contributed by atoms with van der Waals surface area (Å²) in [6.07, 6.45) is -23.7. The summed E-state index contributed by atoms with van der Waals surface area (Å²) in [5.41, 5.74) is 0. The van der Waals surface area contributed by atoms with Gasteiger partial charge in [0.25, 0.3) is 0 Å². The van der Waals surface area contributed by atoms with Crippen molar-refractivity contribution in [2.24, 2.45) is 0 Å².